The molecule has 2 aromatic rings. The number of carbonyl (C=O) groups is 4. The monoisotopic (exact) mass is 512 g/mol. The molecular formula is C25H25FN4O5S. The van der Waals surface area contributed by atoms with E-state index in [1.807, 2.05) is 11.2 Å². The number of hydrogen-bond donors (Lipinski definition) is 0. The lowest BCUT2D eigenvalue weighted by molar-refractivity contribution is -0.128. The zero-order valence-electron chi connectivity index (χ0n) is 19.7. The van der Waals surface area contributed by atoms with Crippen molar-refractivity contribution < 1.29 is 28.3 Å². The summed E-state index contributed by atoms with van der Waals surface area (Å²) >= 11 is 1.48. The highest BCUT2D eigenvalue weighted by atomic mass is 32.2. The molecule has 36 heavy (non-hydrogen) atoms. The number of fused-ring (bicyclic) bond motifs is 1. The van der Waals surface area contributed by atoms with Crippen LogP contribution in [0.15, 0.2) is 42.5 Å². The summed E-state index contributed by atoms with van der Waals surface area (Å²) in [6.45, 7) is 2.10. The average molecular weight is 513 g/mol. The molecular weight excluding hydrogens is 487 g/mol. The van der Waals surface area contributed by atoms with Gasteiger partial charge in [0.05, 0.1) is 41.3 Å². The minimum absolute atomic E-state index is 0.0747. The molecule has 0 aliphatic carbocycles. The minimum atomic E-state index is -0.727. The van der Waals surface area contributed by atoms with Gasteiger partial charge in [-0.1, -0.05) is 12.1 Å². The molecule has 3 aliphatic heterocycles. The van der Waals surface area contributed by atoms with Crippen LogP contribution in [-0.4, -0.2) is 91.0 Å². The Kier molecular flexibility index (Phi) is 6.57. The quantitative estimate of drug-likeness (QED) is 0.550. The van der Waals surface area contributed by atoms with Crippen molar-refractivity contribution in [2.75, 3.05) is 61.1 Å². The standard InChI is InChI=1S/C25H25FN4O5S/c1-36-15-22(31)28-10-8-27(9-11-28)21-7-6-16(12-20(21)26)29-13-17(35-25(29)34)14-30-23(32)18-4-2-3-5-19(18)24(30)33/h2-7,12,17H,8-11,13-15H2,1H3. The summed E-state index contributed by atoms with van der Waals surface area (Å²) in [7, 11) is 0. The lowest BCUT2D eigenvalue weighted by Gasteiger charge is -2.36. The van der Waals surface area contributed by atoms with Gasteiger partial charge in [-0.25, -0.2) is 9.18 Å². The predicted molar refractivity (Wildman–Crippen MR) is 133 cm³/mol. The number of imide groups is 1. The lowest BCUT2D eigenvalue weighted by atomic mass is 10.1. The van der Waals surface area contributed by atoms with Crippen molar-refractivity contribution >= 4 is 47.0 Å². The summed E-state index contributed by atoms with van der Waals surface area (Å²) < 4.78 is 20.5. The van der Waals surface area contributed by atoms with Crippen LogP contribution in [0.3, 0.4) is 0 Å². The van der Waals surface area contributed by atoms with Gasteiger partial charge in [-0.05, 0) is 36.6 Å². The van der Waals surface area contributed by atoms with Crippen LogP contribution in [-0.2, 0) is 9.53 Å². The van der Waals surface area contributed by atoms with Crippen LogP contribution < -0.4 is 9.80 Å². The first kappa shape index (κ1) is 24.1. The Balaban J connectivity index is 1.22. The molecule has 0 bridgehead atoms. The molecule has 1 atom stereocenters. The van der Waals surface area contributed by atoms with E-state index in [2.05, 4.69) is 0 Å². The molecule has 2 saturated heterocycles. The molecule has 3 heterocycles. The van der Waals surface area contributed by atoms with Crippen molar-refractivity contribution in [1.29, 1.82) is 0 Å². The second-order valence-corrected chi connectivity index (χ2v) is 9.69. The molecule has 0 radical (unpaired) electrons. The highest BCUT2D eigenvalue weighted by molar-refractivity contribution is 7.99. The van der Waals surface area contributed by atoms with Crippen molar-refractivity contribution in [1.82, 2.24) is 9.80 Å². The van der Waals surface area contributed by atoms with Crippen LogP contribution in [0.5, 0.6) is 0 Å². The van der Waals surface area contributed by atoms with Gasteiger partial charge in [0.15, 0.2) is 0 Å². The van der Waals surface area contributed by atoms with Gasteiger partial charge in [0.25, 0.3) is 11.8 Å². The summed E-state index contributed by atoms with van der Waals surface area (Å²) in [5, 5.41) is 0. The number of halogens is 1. The zero-order chi connectivity index (χ0) is 25.4. The third kappa shape index (κ3) is 4.39. The molecule has 4 amide bonds. The average Bonchev–Trinajstić information content (AvgIpc) is 3.37. The number of benzene rings is 2. The molecule has 188 valence electrons. The number of carbonyl (C=O) groups excluding carboxylic acids is 4. The van der Waals surface area contributed by atoms with Crippen LogP contribution in [0.2, 0.25) is 0 Å². The highest BCUT2D eigenvalue weighted by Gasteiger charge is 2.41. The second-order valence-electron chi connectivity index (χ2n) is 8.82. The number of nitrogens with zero attached hydrogens (tertiary/aromatic N) is 4. The Labute approximate surface area is 211 Å². The van der Waals surface area contributed by atoms with Gasteiger partial charge in [0.2, 0.25) is 5.91 Å². The van der Waals surface area contributed by atoms with E-state index in [-0.39, 0.29) is 19.0 Å². The maximum atomic E-state index is 15.1. The minimum Gasteiger partial charge on any atom is -0.442 e. The van der Waals surface area contributed by atoms with Gasteiger partial charge in [-0.2, -0.15) is 11.8 Å². The first-order valence-electron chi connectivity index (χ1n) is 11.6. The Morgan fingerprint density at radius 1 is 1.03 bits per heavy atom. The largest absolute Gasteiger partial charge is 0.442 e. The molecule has 0 spiro atoms. The molecule has 5 rings (SSSR count). The topological polar surface area (TPSA) is 90.5 Å². The molecule has 2 aromatic carbocycles. The number of anilines is 2. The molecule has 3 aliphatic rings. The fraction of sp³-hybridized carbons (Fsp3) is 0.360. The van der Waals surface area contributed by atoms with E-state index in [1.165, 1.54) is 22.7 Å². The molecule has 2 fully saturated rings. The molecule has 9 nitrogen and oxygen atoms in total. The van der Waals surface area contributed by atoms with E-state index < -0.39 is 29.8 Å². The van der Waals surface area contributed by atoms with E-state index in [9.17, 15) is 19.2 Å². The normalized spacial score (nSPS) is 19.7. The van der Waals surface area contributed by atoms with Crippen molar-refractivity contribution in [3.05, 3.63) is 59.4 Å². The van der Waals surface area contributed by atoms with Crippen LogP contribution in [0.25, 0.3) is 0 Å². The van der Waals surface area contributed by atoms with E-state index >= 15 is 4.39 Å². The second kappa shape index (κ2) is 9.81. The number of thioether (sulfide) groups is 1. The third-order valence-electron chi connectivity index (χ3n) is 6.62. The fourth-order valence-electron chi connectivity index (χ4n) is 4.77. The number of hydrogen-bond acceptors (Lipinski definition) is 7. The van der Waals surface area contributed by atoms with E-state index in [1.54, 1.807) is 41.3 Å². The number of piperazine rings is 1. The maximum absolute atomic E-state index is 15.1. The molecule has 1 unspecified atom stereocenters. The van der Waals surface area contributed by atoms with Gasteiger partial charge in [0, 0.05) is 26.2 Å². The summed E-state index contributed by atoms with van der Waals surface area (Å²) in [6.07, 6.45) is 0.493. The smallest absolute Gasteiger partial charge is 0.414 e. The third-order valence-corrected chi connectivity index (χ3v) is 7.16. The van der Waals surface area contributed by atoms with Gasteiger partial charge >= 0.3 is 6.09 Å². The number of amides is 4. The van der Waals surface area contributed by atoms with Gasteiger partial charge in [-0.3, -0.25) is 24.2 Å². The SMILES string of the molecule is CSCC(=O)N1CCN(c2ccc(N3CC(CN4C(=O)c5ccccc5C4=O)OC3=O)cc2F)CC1. The van der Waals surface area contributed by atoms with Crippen molar-refractivity contribution in [3.8, 4) is 0 Å². The van der Waals surface area contributed by atoms with Crippen LogP contribution in [0.1, 0.15) is 20.7 Å². The van der Waals surface area contributed by atoms with Crippen molar-refractivity contribution in [3.63, 3.8) is 0 Å². The number of cyclic esters (lactones) is 1. The van der Waals surface area contributed by atoms with Gasteiger partial charge in [0.1, 0.15) is 11.9 Å². The number of ether oxygens (including phenoxy) is 1. The van der Waals surface area contributed by atoms with Crippen LogP contribution in [0, 0.1) is 5.82 Å². The van der Waals surface area contributed by atoms with Crippen LogP contribution >= 0.6 is 11.8 Å². The van der Waals surface area contributed by atoms with E-state index in [4.69, 9.17) is 4.74 Å². The fourth-order valence-corrected chi connectivity index (χ4v) is 5.20. The summed E-state index contributed by atoms with van der Waals surface area (Å²) in [5.41, 5.74) is 1.40. The predicted octanol–water partition coefficient (Wildman–Crippen LogP) is 2.46. The Bertz CT molecular complexity index is 1200. The first-order valence-corrected chi connectivity index (χ1v) is 13.0. The molecule has 0 N–H and O–H groups in total. The van der Waals surface area contributed by atoms with Crippen molar-refractivity contribution in [2.45, 2.75) is 6.10 Å². The van der Waals surface area contributed by atoms with Crippen molar-refractivity contribution in [2.24, 2.45) is 0 Å². The lowest BCUT2D eigenvalue weighted by Crippen LogP contribution is -2.49. The molecule has 11 heteroatoms. The highest BCUT2D eigenvalue weighted by Crippen LogP contribution is 2.30. The van der Waals surface area contributed by atoms with E-state index in [0.717, 1.165) is 4.90 Å². The molecule has 0 saturated carbocycles. The number of rotatable bonds is 6. The van der Waals surface area contributed by atoms with Gasteiger partial charge < -0.3 is 14.5 Å². The first-order chi connectivity index (χ1) is 17.4. The summed E-state index contributed by atoms with van der Waals surface area (Å²) in [4.78, 5) is 55.9. The summed E-state index contributed by atoms with van der Waals surface area (Å²) in [6, 6.07) is 11.1. The van der Waals surface area contributed by atoms with Crippen LogP contribution in [0.4, 0.5) is 20.6 Å². The maximum Gasteiger partial charge on any atom is 0.414 e. The Morgan fingerprint density at radius 3 is 2.31 bits per heavy atom. The van der Waals surface area contributed by atoms with E-state index in [0.29, 0.717) is 54.4 Å². The zero-order valence-corrected chi connectivity index (χ0v) is 20.5. The van der Waals surface area contributed by atoms with Gasteiger partial charge in [-0.15, -0.1) is 0 Å². The summed E-state index contributed by atoms with van der Waals surface area (Å²) in [5.74, 6) is -0.802. The Hall–Kier alpha value is -3.60. The molecule has 0 aromatic heterocycles. The Morgan fingerprint density at radius 2 is 1.69 bits per heavy atom.